The summed E-state index contributed by atoms with van der Waals surface area (Å²) in [7, 11) is 1.72. The first-order valence-electron chi connectivity index (χ1n) is 7.31. The minimum atomic E-state index is 0.321. The minimum Gasteiger partial charge on any atom is -0.497 e. The second kappa shape index (κ2) is 7.51. The highest BCUT2D eigenvalue weighted by molar-refractivity contribution is 5.32. The normalized spacial score (nSPS) is 22.0. The first kappa shape index (κ1) is 14.4. The molecule has 1 aliphatic rings. The molecule has 0 atom stereocenters. The van der Waals surface area contributed by atoms with E-state index in [0.717, 1.165) is 25.1 Å². The van der Waals surface area contributed by atoms with Gasteiger partial charge in [-0.1, -0.05) is 12.1 Å². The molecule has 0 aromatic heterocycles. The number of hydrogen-bond donors (Lipinski definition) is 2. The summed E-state index contributed by atoms with van der Waals surface area (Å²) in [4.78, 5) is 0. The molecule has 1 saturated carbocycles. The van der Waals surface area contributed by atoms with Gasteiger partial charge < -0.3 is 15.2 Å². The van der Waals surface area contributed by atoms with E-state index in [1.165, 1.54) is 24.8 Å². The zero-order chi connectivity index (χ0) is 13.5. The number of methoxy groups -OCH3 is 1. The van der Waals surface area contributed by atoms with Crippen molar-refractivity contribution in [2.75, 3.05) is 20.3 Å². The van der Waals surface area contributed by atoms with Crippen molar-refractivity contribution in [2.24, 2.45) is 0 Å². The monoisotopic (exact) mass is 263 g/mol. The van der Waals surface area contributed by atoms with Gasteiger partial charge in [0.15, 0.2) is 0 Å². The summed E-state index contributed by atoms with van der Waals surface area (Å²) in [6.45, 7) is 1.40. The van der Waals surface area contributed by atoms with Crippen LogP contribution in [0.5, 0.6) is 5.75 Å². The Morgan fingerprint density at radius 3 is 2.84 bits per heavy atom. The van der Waals surface area contributed by atoms with Crippen LogP contribution in [-0.4, -0.2) is 31.4 Å². The van der Waals surface area contributed by atoms with Crippen LogP contribution < -0.4 is 10.1 Å². The standard InChI is InChI=1S/C16H25NO2/c1-19-16-7-5-6-13(12-16)14-10-15(11-14)17-8-3-2-4-9-18/h5-7,12,14-15,17-18H,2-4,8-11H2,1H3. The molecule has 2 N–H and O–H groups in total. The number of nitrogens with one attached hydrogen (secondary N) is 1. The van der Waals surface area contributed by atoms with E-state index in [9.17, 15) is 0 Å². The molecule has 1 fully saturated rings. The van der Waals surface area contributed by atoms with E-state index in [1.807, 2.05) is 6.07 Å². The number of unbranched alkanes of at least 4 members (excludes halogenated alkanes) is 2. The summed E-state index contributed by atoms with van der Waals surface area (Å²) < 4.78 is 5.27. The molecule has 2 rings (SSSR count). The number of rotatable bonds is 8. The number of aliphatic hydroxyl groups excluding tert-OH is 1. The average molecular weight is 263 g/mol. The molecule has 0 aliphatic heterocycles. The Balaban J connectivity index is 1.65. The van der Waals surface area contributed by atoms with E-state index in [1.54, 1.807) is 7.11 Å². The molecule has 3 heteroatoms. The Labute approximate surface area is 116 Å². The van der Waals surface area contributed by atoms with Crippen molar-refractivity contribution in [1.29, 1.82) is 0 Å². The molecule has 0 spiro atoms. The van der Waals surface area contributed by atoms with Crippen molar-refractivity contribution < 1.29 is 9.84 Å². The van der Waals surface area contributed by atoms with Gasteiger partial charge in [0.25, 0.3) is 0 Å². The van der Waals surface area contributed by atoms with Crippen molar-refractivity contribution in [3.63, 3.8) is 0 Å². The zero-order valence-electron chi connectivity index (χ0n) is 11.8. The SMILES string of the molecule is COc1cccc(C2CC(NCCCCCO)C2)c1. The molecular weight excluding hydrogens is 238 g/mol. The summed E-state index contributed by atoms with van der Waals surface area (Å²) in [5.74, 6) is 1.64. The Bertz CT molecular complexity index is 375. The van der Waals surface area contributed by atoms with Crippen LogP contribution in [-0.2, 0) is 0 Å². The highest BCUT2D eigenvalue weighted by Gasteiger charge is 2.29. The second-order valence-corrected chi connectivity index (χ2v) is 5.38. The summed E-state index contributed by atoms with van der Waals surface area (Å²) in [6.07, 6.45) is 5.68. The fourth-order valence-corrected chi connectivity index (χ4v) is 2.67. The lowest BCUT2D eigenvalue weighted by atomic mass is 9.76. The van der Waals surface area contributed by atoms with Crippen LogP contribution in [0.3, 0.4) is 0 Å². The zero-order valence-corrected chi connectivity index (χ0v) is 11.8. The maximum absolute atomic E-state index is 8.70. The Hall–Kier alpha value is -1.06. The van der Waals surface area contributed by atoms with Crippen molar-refractivity contribution in [1.82, 2.24) is 5.32 Å². The largest absolute Gasteiger partial charge is 0.497 e. The quantitative estimate of drug-likeness (QED) is 0.709. The first-order valence-corrected chi connectivity index (χ1v) is 7.31. The number of ether oxygens (including phenoxy) is 1. The molecule has 0 radical (unpaired) electrons. The van der Waals surface area contributed by atoms with Crippen LogP contribution in [0.25, 0.3) is 0 Å². The van der Waals surface area contributed by atoms with Crippen LogP contribution in [0.4, 0.5) is 0 Å². The number of aliphatic hydroxyl groups is 1. The summed E-state index contributed by atoms with van der Waals surface area (Å²) >= 11 is 0. The van der Waals surface area contributed by atoms with E-state index in [-0.39, 0.29) is 0 Å². The van der Waals surface area contributed by atoms with Gasteiger partial charge in [-0.3, -0.25) is 0 Å². The number of benzene rings is 1. The average Bonchev–Trinajstić information content (AvgIpc) is 2.40. The summed E-state index contributed by atoms with van der Waals surface area (Å²) in [6, 6.07) is 9.10. The molecule has 0 unspecified atom stereocenters. The van der Waals surface area contributed by atoms with Gasteiger partial charge in [0.1, 0.15) is 5.75 Å². The van der Waals surface area contributed by atoms with Crippen molar-refractivity contribution in [3.05, 3.63) is 29.8 Å². The molecular formula is C16H25NO2. The van der Waals surface area contributed by atoms with Crippen LogP contribution in [0.15, 0.2) is 24.3 Å². The van der Waals surface area contributed by atoms with Gasteiger partial charge >= 0.3 is 0 Å². The Kier molecular flexibility index (Phi) is 5.67. The molecule has 1 aromatic carbocycles. The third kappa shape index (κ3) is 4.22. The van der Waals surface area contributed by atoms with E-state index < -0.39 is 0 Å². The van der Waals surface area contributed by atoms with Gasteiger partial charge in [0, 0.05) is 12.6 Å². The van der Waals surface area contributed by atoms with Gasteiger partial charge in [-0.15, -0.1) is 0 Å². The molecule has 19 heavy (non-hydrogen) atoms. The van der Waals surface area contributed by atoms with Crippen molar-refractivity contribution in [2.45, 2.75) is 44.1 Å². The van der Waals surface area contributed by atoms with E-state index in [0.29, 0.717) is 18.6 Å². The molecule has 3 nitrogen and oxygen atoms in total. The molecule has 0 heterocycles. The van der Waals surface area contributed by atoms with Gasteiger partial charge in [0.05, 0.1) is 7.11 Å². The molecule has 1 aliphatic carbocycles. The third-order valence-corrected chi connectivity index (χ3v) is 3.97. The summed E-state index contributed by atoms with van der Waals surface area (Å²) in [5.41, 5.74) is 1.40. The topological polar surface area (TPSA) is 41.5 Å². The maximum atomic E-state index is 8.70. The van der Waals surface area contributed by atoms with Crippen LogP contribution in [0.2, 0.25) is 0 Å². The lowest BCUT2D eigenvalue weighted by Gasteiger charge is -2.36. The molecule has 0 bridgehead atoms. The van der Waals surface area contributed by atoms with Gasteiger partial charge in [-0.25, -0.2) is 0 Å². The molecule has 0 saturated heterocycles. The van der Waals surface area contributed by atoms with Crippen LogP contribution in [0, 0.1) is 0 Å². The first-order chi connectivity index (χ1) is 9.33. The fourth-order valence-electron chi connectivity index (χ4n) is 2.67. The molecule has 0 amide bonds. The second-order valence-electron chi connectivity index (χ2n) is 5.38. The highest BCUT2D eigenvalue weighted by atomic mass is 16.5. The maximum Gasteiger partial charge on any atom is 0.119 e. The fraction of sp³-hybridized carbons (Fsp3) is 0.625. The summed E-state index contributed by atoms with van der Waals surface area (Å²) in [5, 5.41) is 12.3. The van der Waals surface area contributed by atoms with E-state index in [2.05, 4.69) is 23.5 Å². The van der Waals surface area contributed by atoms with E-state index in [4.69, 9.17) is 9.84 Å². The number of hydrogen-bond acceptors (Lipinski definition) is 3. The highest BCUT2D eigenvalue weighted by Crippen LogP contribution is 2.37. The van der Waals surface area contributed by atoms with Crippen molar-refractivity contribution >= 4 is 0 Å². The van der Waals surface area contributed by atoms with E-state index >= 15 is 0 Å². The predicted molar refractivity (Wildman–Crippen MR) is 77.7 cm³/mol. The Morgan fingerprint density at radius 1 is 1.26 bits per heavy atom. The minimum absolute atomic E-state index is 0.321. The van der Waals surface area contributed by atoms with Crippen LogP contribution in [0.1, 0.15) is 43.6 Å². The predicted octanol–water partition coefficient (Wildman–Crippen LogP) is 2.69. The lowest BCUT2D eigenvalue weighted by Crippen LogP contribution is -2.40. The molecule has 1 aromatic rings. The Morgan fingerprint density at radius 2 is 2.11 bits per heavy atom. The lowest BCUT2D eigenvalue weighted by molar-refractivity contribution is 0.273. The van der Waals surface area contributed by atoms with Crippen LogP contribution >= 0.6 is 0 Å². The van der Waals surface area contributed by atoms with Crippen molar-refractivity contribution in [3.8, 4) is 5.75 Å². The van der Waals surface area contributed by atoms with Gasteiger partial charge in [-0.2, -0.15) is 0 Å². The van der Waals surface area contributed by atoms with Gasteiger partial charge in [0.2, 0.25) is 0 Å². The van der Waals surface area contributed by atoms with Gasteiger partial charge in [-0.05, 0) is 62.3 Å². The molecule has 106 valence electrons. The smallest absolute Gasteiger partial charge is 0.119 e. The third-order valence-electron chi connectivity index (χ3n) is 3.97.